The van der Waals surface area contributed by atoms with Crippen LogP contribution in [0.25, 0.3) is 22.0 Å². The minimum Gasteiger partial charge on any atom is -0.507 e. The Hall–Kier alpha value is -4.66. The van der Waals surface area contributed by atoms with Crippen LogP contribution in [0.4, 0.5) is 5.69 Å². The minimum atomic E-state index is -0.319. The first kappa shape index (κ1) is 32.3. The number of hydrogen-bond acceptors (Lipinski definition) is 6. The van der Waals surface area contributed by atoms with E-state index in [9.17, 15) is 15.0 Å². The number of benzene rings is 3. The monoisotopic (exact) mass is 631 g/mol. The molecule has 1 amide bonds. The van der Waals surface area contributed by atoms with Crippen LogP contribution >= 0.6 is 0 Å². The van der Waals surface area contributed by atoms with Gasteiger partial charge in [-0.25, -0.2) is 0 Å². The number of unbranched alkanes of at least 4 members (excludes halogenated alkanes) is 2. The first-order valence-electron chi connectivity index (χ1n) is 16.6. The number of amides is 1. The van der Waals surface area contributed by atoms with Crippen molar-refractivity contribution in [2.45, 2.75) is 46.1 Å². The van der Waals surface area contributed by atoms with Crippen molar-refractivity contribution in [3.05, 3.63) is 107 Å². The molecule has 8 nitrogen and oxygen atoms in total. The molecule has 3 heterocycles. The molecule has 3 aromatic carbocycles. The molecule has 0 radical (unpaired) electrons. The van der Waals surface area contributed by atoms with Gasteiger partial charge in [0.1, 0.15) is 11.5 Å². The number of pyridine rings is 1. The van der Waals surface area contributed by atoms with E-state index in [1.807, 2.05) is 24.3 Å². The van der Waals surface area contributed by atoms with Crippen molar-refractivity contribution in [1.29, 1.82) is 0 Å². The van der Waals surface area contributed by atoms with Crippen molar-refractivity contribution < 1.29 is 15.0 Å². The third-order valence-electron chi connectivity index (χ3n) is 9.60. The highest BCUT2D eigenvalue weighted by molar-refractivity contribution is 6.04. The van der Waals surface area contributed by atoms with E-state index in [4.69, 9.17) is 0 Å². The minimum absolute atomic E-state index is 0.128. The summed E-state index contributed by atoms with van der Waals surface area (Å²) in [6.07, 6.45) is 7.65. The highest BCUT2D eigenvalue weighted by atomic mass is 16.3. The van der Waals surface area contributed by atoms with Crippen molar-refractivity contribution in [3.63, 3.8) is 0 Å². The lowest BCUT2D eigenvalue weighted by molar-refractivity contribution is 0.102. The number of fused-ring (bicyclic) bond motifs is 1. The molecule has 0 bridgehead atoms. The highest BCUT2D eigenvalue weighted by Gasteiger charge is 2.16. The molecule has 0 atom stereocenters. The van der Waals surface area contributed by atoms with E-state index < -0.39 is 0 Å². The lowest BCUT2D eigenvalue weighted by atomic mass is 10.0. The Bertz CT molecular complexity index is 1820. The quantitative estimate of drug-likeness (QED) is 0.136. The van der Waals surface area contributed by atoms with Gasteiger partial charge in [-0.1, -0.05) is 24.6 Å². The molecule has 0 unspecified atom stereocenters. The summed E-state index contributed by atoms with van der Waals surface area (Å²) in [6, 6.07) is 20.6. The Balaban J connectivity index is 1.05. The molecular formula is C39H45N5O3. The summed E-state index contributed by atoms with van der Waals surface area (Å²) in [5.41, 5.74) is 8.08. The molecule has 3 N–H and O–H groups in total. The number of anilines is 1. The van der Waals surface area contributed by atoms with Crippen LogP contribution in [-0.4, -0.2) is 75.2 Å². The molecule has 5 aromatic rings. The SMILES string of the molecule is Cc1c(C)n(CCCCCN2CCN(C)CC2)c2ccc(Cc3ccc(C(=O)Nc4cc(O)c(-c5ccncc5)c(O)c4)cc3)cc12. The highest BCUT2D eigenvalue weighted by Crippen LogP contribution is 2.39. The van der Waals surface area contributed by atoms with Gasteiger partial charge < -0.3 is 29.9 Å². The summed E-state index contributed by atoms with van der Waals surface area (Å²) >= 11 is 0. The lowest BCUT2D eigenvalue weighted by Crippen LogP contribution is -2.44. The number of nitrogens with one attached hydrogen (secondary N) is 1. The molecule has 1 aliphatic heterocycles. The number of phenols is 2. The van der Waals surface area contributed by atoms with Crippen molar-refractivity contribution in [2.24, 2.45) is 0 Å². The summed E-state index contributed by atoms with van der Waals surface area (Å²) in [6.45, 7) is 11.5. The zero-order valence-electron chi connectivity index (χ0n) is 27.7. The molecular weight excluding hydrogens is 586 g/mol. The maximum absolute atomic E-state index is 13.0. The van der Waals surface area contributed by atoms with E-state index in [0.29, 0.717) is 22.4 Å². The zero-order chi connectivity index (χ0) is 32.9. The van der Waals surface area contributed by atoms with Crippen LogP contribution in [0.15, 0.2) is 79.1 Å². The molecule has 244 valence electrons. The number of carbonyl (C=O) groups is 1. The van der Waals surface area contributed by atoms with Gasteiger partial charge >= 0.3 is 0 Å². The average Bonchev–Trinajstić information content (AvgIpc) is 3.30. The van der Waals surface area contributed by atoms with Crippen LogP contribution in [0, 0.1) is 13.8 Å². The smallest absolute Gasteiger partial charge is 0.255 e. The largest absolute Gasteiger partial charge is 0.507 e. The number of rotatable bonds is 11. The van der Waals surface area contributed by atoms with Crippen LogP contribution in [0.5, 0.6) is 11.5 Å². The molecule has 8 heteroatoms. The number of hydrogen-bond donors (Lipinski definition) is 3. The second kappa shape index (κ2) is 14.4. The number of nitrogens with zero attached hydrogens (tertiary/aromatic N) is 4. The summed E-state index contributed by atoms with van der Waals surface area (Å²) in [4.78, 5) is 22.0. The Morgan fingerprint density at radius 3 is 2.17 bits per heavy atom. The van der Waals surface area contributed by atoms with Gasteiger partial charge in [-0.3, -0.25) is 9.78 Å². The van der Waals surface area contributed by atoms with E-state index in [1.165, 1.54) is 91.8 Å². The standard InChI is InChI=1S/C39H45N5O3/c1-27-28(2)44(18-6-4-5-17-43-21-19-42(3)20-22-43)35-12-9-30(24-34(27)35)23-29-7-10-32(11-8-29)39(47)41-33-25-36(45)38(37(46)26-33)31-13-15-40-16-14-31/h7-16,24-26,45-46H,4-6,17-23H2,1-3H3,(H,41,47). The Morgan fingerprint density at radius 2 is 1.47 bits per heavy atom. The number of aryl methyl sites for hydroxylation is 2. The Morgan fingerprint density at radius 1 is 0.809 bits per heavy atom. The molecule has 1 fully saturated rings. The Kier molecular flexibility index (Phi) is 9.90. The third kappa shape index (κ3) is 7.50. The molecule has 47 heavy (non-hydrogen) atoms. The maximum atomic E-state index is 13.0. The van der Waals surface area contributed by atoms with Crippen LogP contribution in [-0.2, 0) is 13.0 Å². The third-order valence-corrected chi connectivity index (χ3v) is 9.60. The van der Waals surface area contributed by atoms with Gasteiger partial charge in [0.05, 0.1) is 5.56 Å². The second-order valence-electron chi connectivity index (χ2n) is 12.9. The molecule has 1 saturated heterocycles. The molecule has 0 aliphatic carbocycles. The van der Waals surface area contributed by atoms with Crippen LogP contribution in [0.2, 0.25) is 0 Å². The van der Waals surface area contributed by atoms with Gasteiger partial charge in [-0.2, -0.15) is 0 Å². The predicted octanol–water partition coefficient (Wildman–Crippen LogP) is 6.99. The van der Waals surface area contributed by atoms with Gasteiger partial charge in [0.15, 0.2) is 0 Å². The Labute approximate surface area is 277 Å². The van der Waals surface area contributed by atoms with Gasteiger partial charge in [0.2, 0.25) is 0 Å². The van der Waals surface area contributed by atoms with Crippen molar-refractivity contribution >= 4 is 22.5 Å². The van der Waals surface area contributed by atoms with E-state index >= 15 is 0 Å². The van der Waals surface area contributed by atoms with Crippen LogP contribution < -0.4 is 5.32 Å². The number of carbonyl (C=O) groups excluding carboxylic acids is 1. The molecule has 6 rings (SSSR count). The van der Waals surface area contributed by atoms with Gasteiger partial charge in [0.25, 0.3) is 5.91 Å². The van der Waals surface area contributed by atoms with Crippen LogP contribution in [0.3, 0.4) is 0 Å². The van der Waals surface area contributed by atoms with E-state index in [-0.39, 0.29) is 17.4 Å². The van der Waals surface area contributed by atoms with E-state index in [1.54, 1.807) is 24.5 Å². The first-order valence-corrected chi connectivity index (χ1v) is 16.6. The molecule has 0 spiro atoms. The lowest BCUT2D eigenvalue weighted by Gasteiger charge is -2.32. The fraction of sp³-hybridized carbons (Fsp3) is 0.333. The molecule has 1 aliphatic rings. The first-order chi connectivity index (χ1) is 22.8. The summed E-state index contributed by atoms with van der Waals surface area (Å²) in [5, 5.41) is 25.2. The summed E-state index contributed by atoms with van der Waals surface area (Å²) < 4.78 is 2.49. The summed E-state index contributed by atoms with van der Waals surface area (Å²) in [7, 11) is 2.21. The van der Waals surface area contributed by atoms with Crippen molar-refractivity contribution in [2.75, 3.05) is 45.1 Å². The van der Waals surface area contributed by atoms with Gasteiger partial charge in [-0.15, -0.1) is 0 Å². The number of piperazine rings is 1. The van der Waals surface area contributed by atoms with Crippen LogP contribution in [0.1, 0.15) is 52.0 Å². The predicted molar refractivity (Wildman–Crippen MR) is 189 cm³/mol. The maximum Gasteiger partial charge on any atom is 0.255 e. The van der Waals surface area contributed by atoms with Gasteiger partial charge in [0, 0.05) is 85.1 Å². The second-order valence-corrected chi connectivity index (χ2v) is 12.9. The van der Waals surface area contributed by atoms with Gasteiger partial charge in [-0.05, 0) is 105 Å². The van der Waals surface area contributed by atoms with E-state index in [0.717, 1.165) is 18.5 Å². The fourth-order valence-corrected chi connectivity index (χ4v) is 6.66. The number of aromatic hydroxyl groups is 2. The normalized spacial score (nSPS) is 14.1. The number of likely N-dealkylation sites (N-methyl/N-ethyl adjacent to an activating group) is 1. The average molecular weight is 632 g/mol. The molecule has 2 aromatic heterocycles. The van der Waals surface area contributed by atoms with E-state index in [2.05, 4.69) is 63.8 Å². The number of phenolic OH excluding ortho intramolecular Hbond substituents is 2. The van der Waals surface area contributed by atoms with Crippen molar-refractivity contribution in [3.8, 4) is 22.6 Å². The zero-order valence-corrected chi connectivity index (χ0v) is 27.7. The van der Waals surface area contributed by atoms with Crippen molar-refractivity contribution in [1.82, 2.24) is 19.4 Å². The fourth-order valence-electron chi connectivity index (χ4n) is 6.66. The number of aromatic nitrogens is 2. The molecule has 0 saturated carbocycles. The topological polar surface area (TPSA) is 93.9 Å². The summed E-state index contributed by atoms with van der Waals surface area (Å²) in [5.74, 6) is -0.576.